The first-order chi connectivity index (χ1) is 16.9. The van der Waals surface area contributed by atoms with Crippen LogP contribution in [0, 0.1) is 13.8 Å². The first-order valence-corrected chi connectivity index (χ1v) is 14.0. The molecule has 0 heterocycles. The standard InChI is InChI=1S/C25H29N3O6S2/c1-18-5-11-22(12-6-18)35(30,31)27-24-17-20(8-7-19(24)2)25(29)26-15-16-34-21-9-13-23(14-10-21)36(32,33)28(3)4/h5-14,17,27H,15-16H2,1-4H3,(H,26,29). The molecule has 0 bridgehead atoms. The maximum atomic E-state index is 12.7. The highest BCUT2D eigenvalue weighted by Crippen LogP contribution is 2.22. The summed E-state index contributed by atoms with van der Waals surface area (Å²) >= 11 is 0. The fourth-order valence-corrected chi connectivity index (χ4v) is 5.17. The van der Waals surface area contributed by atoms with Crippen LogP contribution < -0.4 is 14.8 Å². The number of aryl methyl sites for hydroxylation is 2. The van der Waals surface area contributed by atoms with Crippen molar-refractivity contribution in [2.75, 3.05) is 32.0 Å². The zero-order valence-electron chi connectivity index (χ0n) is 20.5. The molecule has 192 valence electrons. The molecular weight excluding hydrogens is 502 g/mol. The van der Waals surface area contributed by atoms with Crippen LogP contribution in [0.2, 0.25) is 0 Å². The molecule has 3 aromatic carbocycles. The van der Waals surface area contributed by atoms with E-state index < -0.39 is 20.0 Å². The van der Waals surface area contributed by atoms with Crippen LogP contribution in [0.15, 0.2) is 76.5 Å². The molecule has 0 aliphatic heterocycles. The fraction of sp³-hybridized carbons (Fsp3) is 0.240. The topological polar surface area (TPSA) is 122 Å². The number of rotatable bonds is 10. The monoisotopic (exact) mass is 531 g/mol. The number of amides is 1. The molecule has 9 nitrogen and oxygen atoms in total. The summed E-state index contributed by atoms with van der Waals surface area (Å²) in [5.74, 6) is 0.0758. The largest absolute Gasteiger partial charge is 0.492 e. The Balaban J connectivity index is 1.58. The Hall–Kier alpha value is -3.41. The van der Waals surface area contributed by atoms with E-state index in [1.165, 1.54) is 44.4 Å². The van der Waals surface area contributed by atoms with E-state index in [1.54, 1.807) is 43.3 Å². The first kappa shape index (κ1) is 27.2. The van der Waals surface area contributed by atoms with Crippen molar-refractivity contribution in [2.45, 2.75) is 23.6 Å². The summed E-state index contributed by atoms with van der Waals surface area (Å²) in [4.78, 5) is 12.9. The van der Waals surface area contributed by atoms with Gasteiger partial charge in [0.25, 0.3) is 15.9 Å². The maximum absolute atomic E-state index is 12.7. The van der Waals surface area contributed by atoms with Gasteiger partial charge in [0.05, 0.1) is 22.0 Å². The van der Waals surface area contributed by atoms with Crippen molar-refractivity contribution < 1.29 is 26.4 Å². The molecule has 0 atom stereocenters. The second-order valence-corrected chi connectivity index (χ2v) is 12.1. The molecule has 0 aliphatic carbocycles. The van der Waals surface area contributed by atoms with Crippen molar-refractivity contribution in [1.82, 2.24) is 9.62 Å². The van der Waals surface area contributed by atoms with Gasteiger partial charge in [-0.2, -0.15) is 0 Å². The SMILES string of the molecule is Cc1ccc(S(=O)(=O)Nc2cc(C(=O)NCCOc3ccc(S(=O)(=O)N(C)C)cc3)ccc2C)cc1. The Kier molecular flexibility index (Phi) is 8.39. The molecule has 0 aromatic heterocycles. The van der Waals surface area contributed by atoms with Crippen molar-refractivity contribution in [1.29, 1.82) is 0 Å². The van der Waals surface area contributed by atoms with Gasteiger partial charge in [-0.05, 0) is 67.9 Å². The highest BCUT2D eigenvalue weighted by molar-refractivity contribution is 7.92. The highest BCUT2D eigenvalue weighted by atomic mass is 32.2. The number of hydrogen-bond donors (Lipinski definition) is 2. The molecule has 0 spiro atoms. The van der Waals surface area contributed by atoms with Crippen LogP contribution in [0.1, 0.15) is 21.5 Å². The number of nitrogens with zero attached hydrogens (tertiary/aromatic N) is 1. The van der Waals surface area contributed by atoms with Crippen LogP contribution in [0.3, 0.4) is 0 Å². The first-order valence-electron chi connectivity index (χ1n) is 11.0. The molecule has 3 aromatic rings. The zero-order valence-corrected chi connectivity index (χ0v) is 22.1. The van der Waals surface area contributed by atoms with Gasteiger partial charge < -0.3 is 10.1 Å². The molecule has 36 heavy (non-hydrogen) atoms. The molecule has 0 saturated carbocycles. The van der Waals surface area contributed by atoms with Gasteiger partial charge in [-0.15, -0.1) is 0 Å². The van der Waals surface area contributed by atoms with Crippen LogP contribution >= 0.6 is 0 Å². The summed E-state index contributed by atoms with van der Waals surface area (Å²) in [5, 5.41) is 2.72. The summed E-state index contributed by atoms with van der Waals surface area (Å²) in [5.41, 5.74) is 2.22. The molecule has 0 fully saturated rings. The lowest BCUT2D eigenvalue weighted by molar-refractivity contribution is 0.0947. The van der Waals surface area contributed by atoms with E-state index in [4.69, 9.17) is 4.74 Å². The molecule has 11 heteroatoms. The number of sulfonamides is 2. The van der Waals surface area contributed by atoms with Crippen molar-refractivity contribution in [3.63, 3.8) is 0 Å². The van der Waals surface area contributed by atoms with Crippen molar-refractivity contribution in [2.24, 2.45) is 0 Å². The average Bonchev–Trinajstić information content (AvgIpc) is 2.83. The van der Waals surface area contributed by atoms with Crippen LogP contribution in [0.5, 0.6) is 5.75 Å². The van der Waals surface area contributed by atoms with E-state index >= 15 is 0 Å². The number of benzene rings is 3. The van der Waals surface area contributed by atoms with Crippen LogP contribution in [0.25, 0.3) is 0 Å². The van der Waals surface area contributed by atoms with Gasteiger partial charge in [0.1, 0.15) is 12.4 Å². The van der Waals surface area contributed by atoms with Crippen LogP contribution in [-0.2, 0) is 20.0 Å². The van der Waals surface area contributed by atoms with E-state index in [-0.39, 0.29) is 28.8 Å². The zero-order chi connectivity index (χ0) is 26.5. The number of ether oxygens (including phenoxy) is 1. The summed E-state index contributed by atoms with van der Waals surface area (Å²) in [6.45, 7) is 3.96. The Morgan fingerprint density at radius 3 is 2.08 bits per heavy atom. The van der Waals surface area contributed by atoms with E-state index in [9.17, 15) is 21.6 Å². The molecule has 0 saturated heterocycles. The van der Waals surface area contributed by atoms with Gasteiger partial charge >= 0.3 is 0 Å². The van der Waals surface area contributed by atoms with E-state index in [1.807, 2.05) is 6.92 Å². The minimum Gasteiger partial charge on any atom is -0.492 e. The normalized spacial score (nSPS) is 11.8. The summed E-state index contributed by atoms with van der Waals surface area (Å²) in [6.07, 6.45) is 0. The molecular formula is C25H29N3O6S2. The Labute approximate surface area is 212 Å². The quantitative estimate of drug-likeness (QED) is 0.388. The number of carbonyl (C=O) groups excluding carboxylic acids is 1. The van der Waals surface area contributed by atoms with Gasteiger partial charge in [0.15, 0.2) is 0 Å². The van der Waals surface area contributed by atoms with Gasteiger partial charge in [-0.1, -0.05) is 23.8 Å². The molecule has 1 amide bonds. The van der Waals surface area contributed by atoms with Gasteiger partial charge in [0.2, 0.25) is 10.0 Å². The Morgan fingerprint density at radius 2 is 1.47 bits per heavy atom. The number of hydrogen-bond acceptors (Lipinski definition) is 6. The van der Waals surface area contributed by atoms with E-state index in [0.717, 1.165) is 9.87 Å². The third-order valence-corrected chi connectivity index (χ3v) is 8.54. The van der Waals surface area contributed by atoms with Crippen molar-refractivity contribution in [3.05, 3.63) is 83.4 Å². The van der Waals surface area contributed by atoms with Gasteiger partial charge in [-0.3, -0.25) is 9.52 Å². The summed E-state index contributed by atoms with van der Waals surface area (Å²) < 4.78 is 59.0. The summed E-state index contributed by atoms with van der Waals surface area (Å²) in [6, 6.07) is 17.2. The van der Waals surface area contributed by atoms with E-state index in [0.29, 0.717) is 22.6 Å². The number of anilines is 1. The second-order valence-electron chi connectivity index (χ2n) is 8.31. The van der Waals surface area contributed by atoms with E-state index in [2.05, 4.69) is 10.0 Å². The van der Waals surface area contributed by atoms with Gasteiger partial charge in [-0.25, -0.2) is 21.1 Å². The third-order valence-electron chi connectivity index (χ3n) is 5.33. The second kappa shape index (κ2) is 11.1. The van der Waals surface area contributed by atoms with Crippen LogP contribution in [-0.4, -0.2) is 54.3 Å². The molecule has 2 N–H and O–H groups in total. The number of carbonyl (C=O) groups is 1. The molecule has 0 radical (unpaired) electrons. The lowest BCUT2D eigenvalue weighted by Crippen LogP contribution is -2.28. The maximum Gasteiger partial charge on any atom is 0.261 e. The fourth-order valence-electron chi connectivity index (χ4n) is 3.15. The van der Waals surface area contributed by atoms with Crippen LogP contribution in [0.4, 0.5) is 5.69 Å². The minimum atomic E-state index is -3.81. The molecule has 0 unspecified atom stereocenters. The molecule has 3 rings (SSSR count). The predicted molar refractivity (Wildman–Crippen MR) is 138 cm³/mol. The highest BCUT2D eigenvalue weighted by Gasteiger charge is 2.18. The lowest BCUT2D eigenvalue weighted by Gasteiger charge is -2.13. The third kappa shape index (κ3) is 6.62. The Morgan fingerprint density at radius 1 is 0.861 bits per heavy atom. The average molecular weight is 532 g/mol. The summed E-state index contributed by atoms with van der Waals surface area (Å²) in [7, 11) is -4.41. The number of nitrogens with one attached hydrogen (secondary N) is 2. The predicted octanol–water partition coefficient (Wildman–Crippen LogP) is 3.16. The van der Waals surface area contributed by atoms with Crippen molar-refractivity contribution >= 4 is 31.6 Å². The smallest absolute Gasteiger partial charge is 0.261 e. The minimum absolute atomic E-state index is 0.131. The molecule has 0 aliphatic rings. The van der Waals surface area contributed by atoms with Gasteiger partial charge in [0, 0.05) is 19.7 Å². The Bertz CT molecular complexity index is 1430. The van der Waals surface area contributed by atoms with Crippen molar-refractivity contribution in [3.8, 4) is 5.75 Å². The lowest BCUT2D eigenvalue weighted by atomic mass is 10.1.